The Kier molecular flexibility index (Phi) is 8.38. The third-order valence-corrected chi connectivity index (χ3v) is 6.93. The number of alkyl carbamates (subject to hydrolysis) is 1. The summed E-state index contributed by atoms with van der Waals surface area (Å²) in [7, 11) is 2.08. The normalized spacial score (nSPS) is 19.1. The number of amides is 3. The lowest BCUT2D eigenvalue weighted by atomic mass is 10.1. The van der Waals surface area contributed by atoms with Crippen molar-refractivity contribution in [3.8, 4) is 0 Å². The van der Waals surface area contributed by atoms with E-state index in [1.165, 1.54) is 0 Å². The molecule has 2 heterocycles. The molecule has 9 heteroatoms. The number of fused-ring (bicyclic) bond motifs is 1. The standard InChI is InChI=1S/C29H39N5O4/c1-21-10-6-7-11-22(21)18-34-25-13-9-8-12-24(25)33(26(35)20-32-16-14-31(5)15-17-32)19-23(27(34)36)30-28(37)38-29(2,3)4/h6-13,23H,14-20H2,1-5H3,(H,30,37). The molecule has 2 aliphatic rings. The molecular formula is C29H39N5O4. The summed E-state index contributed by atoms with van der Waals surface area (Å²) in [5.74, 6) is -0.398. The highest BCUT2D eigenvalue weighted by Gasteiger charge is 2.38. The van der Waals surface area contributed by atoms with Gasteiger partial charge in [-0.15, -0.1) is 0 Å². The number of para-hydroxylation sites is 2. The van der Waals surface area contributed by atoms with Crippen molar-refractivity contribution in [2.75, 3.05) is 56.1 Å². The van der Waals surface area contributed by atoms with Gasteiger partial charge in [0.05, 0.1) is 31.0 Å². The Morgan fingerprint density at radius 2 is 1.61 bits per heavy atom. The first-order chi connectivity index (χ1) is 18.0. The largest absolute Gasteiger partial charge is 0.444 e. The molecular weight excluding hydrogens is 482 g/mol. The minimum atomic E-state index is -0.974. The number of piperazine rings is 1. The zero-order valence-electron chi connectivity index (χ0n) is 23.1. The average Bonchev–Trinajstić information content (AvgIpc) is 2.96. The lowest BCUT2D eigenvalue weighted by Crippen LogP contribution is -2.55. The van der Waals surface area contributed by atoms with E-state index in [2.05, 4.69) is 22.2 Å². The second-order valence-corrected chi connectivity index (χ2v) is 11.1. The van der Waals surface area contributed by atoms with Gasteiger partial charge in [0.15, 0.2) is 0 Å². The van der Waals surface area contributed by atoms with E-state index in [0.717, 1.165) is 37.3 Å². The molecule has 4 rings (SSSR count). The van der Waals surface area contributed by atoms with Crippen LogP contribution in [0.4, 0.5) is 16.2 Å². The predicted octanol–water partition coefficient (Wildman–Crippen LogP) is 3.02. The van der Waals surface area contributed by atoms with Gasteiger partial charge in [0.25, 0.3) is 5.91 Å². The zero-order valence-corrected chi connectivity index (χ0v) is 23.1. The van der Waals surface area contributed by atoms with E-state index in [-0.39, 0.29) is 24.9 Å². The van der Waals surface area contributed by atoms with Crippen LogP contribution >= 0.6 is 0 Å². The van der Waals surface area contributed by atoms with Gasteiger partial charge in [0, 0.05) is 26.2 Å². The minimum absolute atomic E-state index is 0.0198. The highest BCUT2D eigenvalue weighted by atomic mass is 16.6. The molecule has 38 heavy (non-hydrogen) atoms. The molecule has 0 aromatic heterocycles. The van der Waals surface area contributed by atoms with Crippen molar-refractivity contribution in [3.05, 3.63) is 59.7 Å². The van der Waals surface area contributed by atoms with Crippen LogP contribution in [-0.2, 0) is 20.9 Å². The molecule has 1 N–H and O–H groups in total. The van der Waals surface area contributed by atoms with Crippen molar-refractivity contribution in [2.45, 2.75) is 45.9 Å². The molecule has 0 saturated carbocycles. The Morgan fingerprint density at radius 3 is 2.26 bits per heavy atom. The number of nitrogens with one attached hydrogen (secondary N) is 1. The van der Waals surface area contributed by atoms with E-state index < -0.39 is 17.7 Å². The van der Waals surface area contributed by atoms with Crippen molar-refractivity contribution < 1.29 is 19.1 Å². The smallest absolute Gasteiger partial charge is 0.408 e. The van der Waals surface area contributed by atoms with Crippen LogP contribution < -0.4 is 15.1 Å². The number of nitrogens with zero attached hydrogens (tertiary/aromatic N) is 4. The van der Waals surface area contributed by atoms with Crippen molar-refractivity contribution in [2.24, 2.45) is 0 Å². The summed E-state index contributed by atoms with van der Waals surface area (Å²) >= 11 is 0. The molecule has 9 nitrogen and oxygen atoms in total. The molecule has 2 aliphatic heterocycles. The third-order valence-electron chi connectivity index (χ3n) is 6.93. The summed E-state index contributed by atoms with van der Waals surface area (Å²) in [6, 6.07) is 14.4. The van der Waals surface area contributed by atoms with Gasteiger partial charge >= 0.3 is 6.09 Å². The summed E-state index contributed by atoms with van der Waals surface area (Å²) in [6.07, 6.45) is -0.691. The molecule has 204 valence electrons. The predicted molar refractivity (Wildman–Crippen MR) is 148 cm³/mol. The highest BCUT2D eigenvalue weighted by molar-refractivity contribution is 6.08. The number of hydrogen-bond acceptors (Lipinski definition) is 6. The summed E-state index contributed by atoms with van der Waals surface area (Å²) in [6.45, 7) is 11.3. The number of rotatable bonds is 5. The maximum atomic E-state index is 14.0. The fourth-order valence-electron chi connectivity index (χ4n) is 4.78. The molecule has 2 aromatic rings. The number of benzene rings is 2. The van der Waals surface area contributed by atoms with Crippen molar-refractivity contribution in [1.82, 2.24) is 15.1 Å². The van der Waals surface area contributed by atoms with Gasteiger partial charge in [-0.25, -0.2) is 4.79 Å². The number of anilines is 2. The number of likely N-dealkylation sites (N-methyl/N-ethyl adjacent to an activating group) is 1. The van der Waals surface area contributed by atoms with E-state index in [4.69, 9.17) is 4.74 Å². The van der Waals surface area contributed by atoms with Crippen LogP contribution in [0.15, 0.2) is 48.5 Å². The van der Waals surface area contributed by atoms with Crippen LogP contribution in [0.5, 0.6) is 0 Å². The van der Waals surface area contributed by atoms with Gasteiger partial charge in [-0.2, -0.15) is 0 Å². The Balaban J connectivity index is 1.68. The van der Waals surface area contributed by atoms with Crippen LogP contribution in [0.25, 0.3) is 0 Å². The van der Waals surface area contributed by atoms with Gasteiger partial charge in [0.2, 0.25) is 5.91 Å². The fraction of sp³-hybridized carbons (Fsp3) is 0.483. The second-order valence-electron chi connectivity index (χ2n) is 11.1. The lowest BCUT2D eigenvalue weighted by Gasteiger charge is -2.34. The first-order valence-electron chi connectivity index (χ1n) is 13.2. The van der Waals surface area contributed by atoms with Crippen LogP contribution in [0.3, 0.4) is 0 Å². The Bertz CT molecular complexity index is 1170. The summed E-state index contributed by atoms with van der Waals surface area (Å²) in [5.41, 5.74) is 2.62. The van der Waals surface area contributed by atoms with E-state index in [1.807, 2.05) is 55.5 Å². The molecule has 1 fully saturated rings. The molecule has 2 aromatic carbocycles. The van der Waals surface area contributed by atoms with Crippen molar-refractivity contribution in [3.63, 3.8) is 0 Å². The van der Waals surface area contributed by atoms with Crippen LogP contribution in [-0.4, -0.2) is 85.7 Å². The summed E-state index contributed by atoms with van der Waals surface area (Å²) in [4.78, 5) is 48.2. The summed E-state index contributed by atoms with van der Waals surface area (Å²) in [5, 5.41) is 2.76. The number of carbonyl (C=O) groups is 3. The fourth-order valence-corrected chi connectivity index (χ4v) is 4.78. The quantitative estimate of drug-likeness (QED) is 0.651. The van der Waals surface area contributed by atoms with Gasteiger partial charge in [-0.05, 0) is 58.0 Å². The highest BCUT2D eigenvalue weighted by Crippen LogP contribution is 2.34. The van der Waals surface area contributed by atoms with E-state index >= 15 is 0 Å². The first kappa shape index (κ1) is 27.6. The molecule has 0 aliphatic carbocycles. The molecule has 0 spiro atoms. The minimum Gasteiger partial charge on any atom is -0.444 e. The number of aryl methyl sites for hydroxylation is 1. The van der Waals surface area contributed by atoms with Crippen molar-refractivity contribution in [1.29, 1.82) is 0 Å². The lowest BCUT2D eigenvalue weighted by molar-refractivity contribution is -0.121. The molecule has 1 unspecified atom stereocenters. The molecule has 1 atom stereocenters. The maximum Gasteiger partial charge on any atom is 0.408 e. The Morgan fingerprint density at radius 1 is 0.974 bits per heavy atom. The van der Waals surface area contributed by atoms with Gasteiger partial charge in [-0.1, -0.05) is 36.4 Å². The molecule has 0 radical (unpaired) electrons. The molecule has 3 amide bonds. The monoisotopic (exact) mass is 521 g/mol. The van der Waals surface area contributed by atoms with Crippen molar-refractivity contribution >= 4 is 29.3 Å². The van der Waals surface area contributed by atoms with Crippen LogP contribution in [0, 0.1) is 6.92 Å². The topological polar surface area (TPSA) is 85.4 Å². The van der Waals surface area contributed by atoms with E-state index in [1.54, 1.807) is 30.6 Å². The van der Waals surface area contributed by atoms with Gasteiger partial charge < -0.3 is 24.8 Å². The SMILES string of the molecule is Cc1ccccc1CN1C(=O)C(NC(=O)OC(C)(C)C)CN(C(=O)CN2CCN(C)CC2)c2ccccc21. The van der Waals surface area contributed by atoms with E-state index in [0.29, 0.717) is 17.9 Å². The number of carbonyl (C=O) groups excluding carboxylic acids is 3. The third kappa shape index (κ3) is 6.71. The summed E-state index contributed by atoms with van der Waals surface area (Å²) < 4.78 is 5.47. The van der Waals surface area contributed by atoms with Gasteiger partial charge in [-0.3, -0.25) is 14.5 Å². The number of ether oxygens (including phenoxy) is 1. The first-order valence-corrected chi connectivity index (χ1v) is 13.2. The Hall–Kier alpha value is -3.43. The molecule has 1 saturated heterocycles. The molecule has 0 bridgehead atoms. The van der Waals surface area contributed by atoms with E-state index in [9.17, 15) is 14.4 Å². The average molecular weight is 522 g/mol. The number of hydrogen-bond donors (Lipinski definition) is 1. The van der Waals surface area contributed by atoms with Gasteiger partial charge in [0.1, 0.15) is 11.6 Å². The zero-order chi connectivity index (χ0) is 27.4. The van der Waals surface area contributed by atoms with Crippen LogP contribution in [0.1, 0.15) is 31.9 Å². The maximum absolute atomic E-state index is 14.0. The Labute approximate surface area is 225 Å². The second kappa shape index (κ2) is 11.5. The van der Waals surface area contributed by atoms with Crippen LogP contribution in [0.2, 0.25) is 0 Å².